The topological polar surface area (TPSA) is 51.2 Å². The number of hydrogen-bond acceptors (Lipinski definition) is 4. The third-order valence-corrected chi connectivity index (χ3v) is 4.76. The first kappa shape index (κ1) is 19.2. The van der Waals surface area contributed by atoms with E-state index in [4.69, 9.17) is 11.6 Å². The Morgan fingerprint density at radius 2 is 1.93 bits per heavy atom. The van der Waals surface area contributed by atoms with E-state index in [9.17, 15) is 18.0 Å². The summed E-state index contributed by atoms with van der Waals surface area (Å²) in [6.07, 6.45) is 0. The molecule has 9 heteroatoms. The molecule has 0 aliphatic carbocycles. The SMILES string of the molecule is Cc1sc(NC(=O)c2c(F)cccc2Cl)nc1-c1ccc(OC(F)F)cc1. The Labute approximate surface area is 161 Å². The average Bonchev–Trinajstić information content (AvgIpc) is 2.95. The predicted octanol–water partition coefficient (Wildman–Crippen LogP) is 5.76. The summed E-state index contributed by atoms with van der Waals surface area (Å²) >= 11 is 7.09. The molecule has 0 aliphatic rings. The van der Waals surface area contributed by atoms with Crippen LogP contribution in [0.3, 0.4) is 0 Å². The maximum absolute atomic E-state index is 13.9. The second-order valence-electron chi connectivity index (χ2n) is 5.38. The zero-order chi connectivity index (χ0) is 19.6. The van der Waals surface area contributed by atoms with E-state index in [1.165, 1.54) is 35.6 Å². The fraction of sp³-hybridized carbons (Fsp3) is 0.111. The van der Waals surface area contributed by atoms with Gasteiger partial charge in [-0.05, 0) is 43.3 Å². The number of thiazole rings is 1. The van der Waals surface area contributed by atoms with Gasteiger partial charge >= 0.3 is 6.61 Å². The molecule has 140 valence electrons. The lowest BCUT2D eigenvalue weighted by Crippen LogP contribution is -2.14. The summed E-state index contributed by atoms with van der Waals surface area (Å²) in [4.78, 5) is 17.4. The Kier molecular flexibility index (Phi) is 5.67. The van der Waals surface area contributed by atoms with Crippen molar-refractivity contribution in [2.24, 2.45) is 0 Å². The normalized spacial score (nSPS) is 10.9. The summed E-state index contributed by atoms with van der Waals surface area (Å²) in [5.74, 6) is -1.41. The van der Waals surface area contributed by atoms with E-state index in [2.05, 4.69) is 15.0 Å². The van der Waals surface area contributed by atoms with Gasteiger partial charge in [-0.1, -0.05) is 17.7 Å². The molecule has 0 atom stereocenters. The van der Waals surface area contributed by atoms with Crippen LogP contribution in [0.15, 0.2) is 42.5 Å². The predicted molar refractivity (Wildman–Crippen MR) is 98.3 cm³/mol. The number of rotatable bonds is 5. The number of nitrogens with one attached hydrogen (secondary N) is 1. The lowest BCUT2D eigenvalue weighted by Gasteiger charge is -2.05. The molecule has 2 aromatic carbocycles. The third kappa shape index (κ3) is 4.40. The molecule has 4 nitrogen and oxygen atoms in total. The summed E-state index contributed by atoms with van der Waals surface area (Å²) in [5.41, 5.74) is 0.968. The van der Waals surface area contributed by atoms with Crippen LogP contribution in [0.25, 0.3) is 11.3 Å². The number of halogens is 4. The number of carbonyl (C=O) groups is 1. The van der Waals surface area contributed by atoms with Gasteiger partial charge in [-0.25, -0.2) is 9.37 Å². The number of aromatic nitrogens is 1. The highest BCUT2D eigenvalue weighted by molar-refractivity contribution is 7.16. The first-order chi connectivity index (χ1) is 12.8. The molecule has 27 heavy (non-hydrogen) atoms. The molecule has 0 spiro atoms. The van der Waals surface area contributed by atoms with Crippen LogP contribution in [0.5, 0.6) is 5.75 Å². The molecule has 0 fully saturated rings. The third-order valence-electron chi connectivity index (χ3n) is 3.56. The number of alkyl halides is 2. The molecule has 0 aliphatic heterocycles. The Hall–Kier alpha value is -2.58. The Morgan fingerprint density at radius 3 is 2.56 bits per heavy atom. The first-order valence-electron chi connectivity index (χ1n) is 7.63. The lowest BCUT2D eigenvalue weighted by molar-refractivity contribution is -0.0498. The summed E-state index contributed by atoms with van der Waals surface area (Å²) < 4.78 is 42.6. The van der Waals surface area contributed by atoms with Crippen molar-refractivity contribution >= 4 is 34.0 Å². The number of carbonyl (C=O) groups excluding carboxylic acids is 1. The van der Waals surface area contributed by atoms with Gasteiger partial charge in [0.05, 0.1) is 16.3 Å². The minimum absolute atomic E-state index is 0.00406. The fourth-order valence-electron chi connectivity index (χ4n) is 2.39. The number of amides is 1. The molecule has 1 N–H and O–H groups in total. The van der Waals surface area contributed by atoms with Crippen LogP contribution >= 0.6 is 22.9 Å². The highest BCUT2D eigenvalue weighted by Crippen LogP contribution is 2.32. The summed E-state index contributed by atoms with van der Waals surface area (Å²) in [6.45, 7) is -1.11. The summed E-state index contributed by atoms with van der Waals surface area (Å²) in [5, 5.41) is 2.79. The van der Waals surface area contributed by atoms with E-state index in [1.54, 1.807) is 19.1 Å². The van der Waals surface area contributed by atoms with Crippen molar-refractivity contribution in [1.82, 2.24) is 4.98 Å². The van der Waals surface area contributed by atoms with Gasteiger partial charge in [0, 0.05) is 10.4 Å². The van der Waals surface area contributed by atoms with Crippen LogP contribution in [0.2, 0.25) is 5.02 Å². The van der Waals surface area contributed by atoms with E-state index in [0.29, 0.717) is 11.3 Å². The Bertz CT molecular complexity index is 957. The van der Waals surface area contributed by atoms with Crippen LogP contribution in [0.4, 0.5) is 18.3 Å². The number of hydrogen-bond donors (Lipinski definition) is 1. The monoisotopic (exact) mass is 412 g/mol. The zero-order valence-electron chi connectivity index (χ0n) is 13.8. The molecule has 1 amide bonds. The molecular formula is C18H12ClF3N2O2S. The molecular weight excluding hydrogens is 401 g/mol. The lowest BCUT2D eigenvalue weighted by atomic mass is 10.1. The Balaban J connectivity index is 1.81. The molecule has 3 rings (SSSR count). The summed E-state index contributed by atoms with van der Waals surface area (Å²) in [6, 6.07) is 9.93. The van der Waals surface area contributed by atoms with Crippen LogP contribution in [-0.4, -0.2) is 17.5 Å². The van der Waals surface area contributed by atoms with Crippen molar-refractivity contribution in [1.29, 1.82) is 0 Å². The van der Waals surface area contributed by atoms with Crippen LogP contribution in [-0.2, 0) is 0 Å². The van der Waals surface area contributed by atoms with Crippen molar-refractivity contribution in [3.63, 3.8) is 0 Å². The quantitative estimate of drug-likeness (QED) is 0.579. The smallest absolute Gasteiger partial charge is 0.387 e. The number of aryl methyl sites for hydroxylation is 1. The van der Waals surface area contributed by atoms with Crippen molar-refractivity contribution in [2.75, 3.05) is 5.32 Å². The van der Waals surface area contributed by atoms with Crippen LogP contribution in [0.1, 0.15) is 15.2 Å². The first-order valence-corrected chi connectivity index (χ1v) is 8.82. The van der Waals surface area contributed by atoms with Crippen molar-refractivity contribution in [3.05, 3.63) is 63.7 Å². The molecule has 0 unspecified atom stereocenters. The number of nitrogens with zero attached hydrogens (tertiary/aromatic N) is 1. The van der Waals surface area contributed by atoms with E-state index in [0.717, 1.165) is 10.9 Å². The van der Waals surface area contributed by atoms with E-state index in [1.807, 2.05) is 0 Å². The van der Waals surface area contributed by atoms with Gasteiger partial charge in [0.2, 0.25) is 0 Å². The van der Waals surface area contributed by atoms with Gasteiger partial charge < -0.3 is 4.74 Å². The van der Waals surface area contributed by atoms with Gasteiger partial charge in [0.25, 0.3) is 5.91 Å². The Morgan fingerprint density at radius 1 is 1.22 bits per heavy atom. The van der Waals surface area contributed by atoms with Gasteiger partial charge in [-0.2, -0.15) is 8.78 Å². The standard InChI is InChI=1S/C18H12ClF3N2O2S/c1-9-15(10-5-7-11(8-6-10)26-17(21)22)23-18(27-9)24-16(25)14-12(19)3-2-4-13(14)20/h2-8,17H,1H3,(H,23,24,25). The second-order valence-corrected chi connectivity index (χ2v) is 6.99. The van der Waals surface area contributed by atoms with Gasteiger partial charge in [-0.15, -0.1) is 11.3 Å². The molecule has 3 aromatic rings. The average molecular weight is 413 g/mol. The van der Waals surface area contributed by atoms with Crippen LogP contribution in [0, 0.1) is 12.7 Å². The molecule has 0 bridgehead atoms. The maximum atomic E-state index is 13.9. The van der Waals surface area contributed by atoms with Crippen molar-refractivity contribution < 1.29 is 22.7 Å². The van der Waals surface area contributed by atoms with Gasteiger partial charge in [0.15, 0.2) is 5.13 Å². The largest absolute Gasteiger partial charge is 0.435 e. The number of ether oxygens (including phenoxy) is 1. The zero-order valence-corrected chi connectivity index (χ0v) is 15.4. The number of benzene rings is 2. The molecule has 0 radical (unpaired) electrons. The minimum Gasteiger partial charge on any atom is -0.435 e. The van der Waals surface area contributed by atoms with Crippen molar-refractivity contribution in [3.8, 4) is 17.0 Å². The van der Waals surface area contributed by atoms with E-state index in [-0.39, 0.29) is 21.5 Å². The maximum Gasteiger partial charge on any atom is 0.387 e. The van der Waals surface area contributed by atoms with Crippen LogP contribution < -0.4 is 10.1 Å². The highest BCUT2D eigenvalue weighted by Gasteiger charge is 2.18. The molecule has 1 heterocycles. The van der Waals surface area contributed by atoms with E-state index < -0.39 is 18.3 Å². The van der Waals surface area contributed by atoms with E-state index >= 15 is 0 Å². The number of anilines is 1. The molecule has 1 aromatic heterocycles. The molecule has 0 saturated heterocycles. The molecule has 0 saturated carbocycles. The highest BCUT2D eigenvalue weighted by atomic mass is 35.5. The minimum atomic E-state index is -2.90. The fourth-order valence-corrected chi connectivity index (χ4v) is 3.47. The second kappa shape index (κ2) is 7.98. The van der Waals surface area contributed by atoms with Gasteiger partial charge in [0.1, 0.15) is 11.6 Å². The van der Waals surface area contributed by atoms with Crippen molar-refractivity contribution in [2.45, 2.75) is 13.5 Å². The summed E-state index contributed by atoms with van der Waals surface area (Å²) in [7, 11) is 0. The van der Waals surface area contributed by atoms with Gasteiger partial charge in [-0.3, -0.25) is 10.1 Å².